The zero-order chi connectivity index (χ0) is 22.1. The molecule has 0 saturated carbocycles. The number of hydrogen-bond donors (Lipinski definition) is 1. The molecular weight excluding hydrogens is 388 g/mol. The minimum atomic E-state index is -0.212. The summed E-state index contributed by atoms with van der Waals surface area (Å²) < 4.78 is 10.5. The van der Waals surface area contributed by atoms with Gasteiger partial charge in [0.15, 0.2) is 0 Å². The molecule has 1 fully saturated rings. The summed E-state index contributed by atoms with van der Waals surface area (Å²) in [5.41, 5.74) is 0.464. The van der Waals surface area contributed by atoms with E-state index in [2.05, 4.69) is 5.32 Å². The average Bonchev–Trinajstić information content (AvgIpc) is 2.78. The monoisotopic (exact) mass is 420 g/mol. The van der Waals surface area contributed by atoms with Gasteiger partial charge in [-0.1, -0.05) is 0 Å². The first kappa shape index (κ1) is 23.3. The van der Waals surface area contributed by atoms with Crippen LogP contribution in [0.4, 0.5) is 4.79 Å². The van der Waals surface area contributed by atoms with Gasteiger partial charge in [-0.3, -0.25) is 9.59 Å². The second kappa shape index (κ2) is 11.3. The minimum absolute atomic E-state index is 0.0316. The van der Waals surface area contributed by atoms with E-state index < -0.39 is 0 Å². The van der Waals surface area contributed by atoms with Crippen LogP contribution < -0.4 is 14.8 Å². The fourth-order valence-electron chi connectivity index (χ4n) is 3.38. The first-order valence-corrected chi connectivity index (χ1v) is 10.3. The van der Waals surface area contributed by atoms with Crippen LogP contribution >= 0.6 is 0 Å². The van der Waals surface area contributed by atoms with Gasteiger partial charge in [0.1, 0.15) is 11.5 Å². The standard InChI is InChI=1S/C21H32N4O5/c1-5-23(6-2)19(26)9-10-22-21(28)25-13-11-24(12-14-25)20(27)17-8-7-16(29-3)15-18(17)30-4/h7-8,15H,5-6,9-14H2,1-4H3,(H,22,28). The van der Waals surface area contributed by atoms with Gasteiger partial charge in [0.2, 0.25) is 5.91 Å². The van der Waals surface area contributed by atoms with E-state index in [1.54, 1.807) is 40.0 Å². The molecule has 9 nitrogen and oxygen atoms in total. The summed E-state index contributed by atoms with van der Waals surface area (Å²) >= 11 is 0. The number of rotatable bonds is 8. The van der Waals surface area contributed by atoms with E-state index in [-0.39, 0.29) is 24.3 Å². The van der Waals surface area contributed by atoms with Crippen molar-refractivity contribution in [3.05, 3.63) is 23.8 Å². The lowest BCUT2D eigenvalue weighted by atomic mass is 10.1. The Labute approximate surface area is 177 Å². The average molecular weight is 421 g/mol. The molecule has 1 aliphatic rings. The van der Waals surface area contributed by atoms with Crippen molar-refractivity contribution in [2.24, 2.45) is 0 Å². The third-order valence-electron chi connectivity index (χ3n) is 5.22. The van der Waals surface area contributed by atoms with Crippen LogP contribution in [0.3, 0.4) is 0 Å². The molecule has 9 heteroatoms. The summed E-state index contributed by atoms with van der Waals surface area (Å²) in [6, 6.07) is 4.87. The van der Waals surface area contributed by atoms with Gasteiger partial charge in [-0.05, 0) is 26.0 Å². The Bertz CT molecular complexity index is 743. The van der Waals surface area contributed by atoms with Gasteiger partial charge in [-0.2, -0.15) is 0 Å². The number of carbonyl (C=O) groups is 3. The molecule has 0 spiro atoms. The second-order valence-electron chi connectivity index (χ2n) is 6.89. The first-order chi connectivity index (χ1) is 14.4. The van der Waals surface area contributed by atoms with Crippen LogP contribution in [0.2, 0.25) is 0 Å². The molecule has 2 rings (SSSR count). The Kier molecular flexibility index (Phi) is 8.76. The fourth-order valence-corrected chi connectivity index (χ4v) is 3.38. The predicted octanol–water partition coefficient (Wildman–Crippen LogP) is 1.43. The molecule has 0 aromatic heterocycles. The number of ether oxygens (including phenoxy) is 2. The highest BCUT2D eigenvalue weighted by atomic mass is 16.5. The van der Waals surface area contributed by atoms with Gasteiger partial charge in [0.25, 0.3) is 5.91 Å². The van der Waals surface area contributed by atoms with Gasteiger partial charge >= 0.3 is 6.03 Å². The number of methoxy groups -OCH3 is 2. The van der Waals surface area contributed by atoms with E-state index in [0.29, 0.717) is 62.9 Å². The predicted molar refractivity (Wildman–Crippen MR) is 113 cm³/mol. The topological polar surface area (TPSA) is 91.4 Å². The van der Waals surface area contributed by atoms with Gasteiger partial charge in [-0.15, -0.1) is 0 Å². The number of benzene rings is 1. The van der Waals surface area contributed by atoms with Crippen LogP contribution in [0.15, 0.2) is 18.2 Å². The molecule has 1 aromatic rings. The molecule has 4 amide bonds. The van der Waals surface area contributed by atoms with E-state index >= 15 is 0 Å². The van der Waals surface area contributed by atoms with Crippen molar-refractivity contribution < 1.29 is 23.9 Å². The molecule has 0 radical (unpaired) electrons. The van der Waals surface area contributed by atoms with Crippen LogP contribution in [0.1, 0.15) is 30.6 Å². The van der Waals surface area contributed by atoms with Crippen molar-refractivity contribution in [1.29, 1.82) is 0 Å². The summed E-state index contributed by atoms with van der Waals surface area (Å²) in [5, 5.41) is 2.80. The highest BCUT2D eigenvalue weighted by Crippen LogP contribution is 2.26. The number of piperazine rings is 1. The number of amides is 4. The Balaban J connectivity index is 1.83. The van der Waals surface area contributed by atoms with Crippen molar-refractivity contribution in [1.82, 2.24) is 20.0 Å². The summed E-state index contributed by atoms with van der Waals surface area (Å²) in [4.78, 5) is 42.3. The molecule has 1 saturated heterocycles. The molecule has 30 heavy (non-hydrogen) atoms. The molecule has 0 atom stereocenters. The maximum absolute atomic E-state index is 12.9. The Hall–Kier alpha value is -2.97. The smallest absolute Gasteiger partial charge is 0.317 e. The number of nitrogens with zero attached hydrogens (tertiary/aromatic N) is 3. The third kappa shape index (κ3) is 5.77. The Morgan fingerprint density at radius 2 is 1.63 bits per heavy atom. The molecule has 0 aliphatic carbocycles. The quantitative estimate of drug-likeness (QED) is 0.687. The zero-order valence-corrected chi connectivity index (χ0v) is 18.3. The molecule has 1 aromatic carbocycles. The van der Waals surface area contributed by atoms with E-state index in [9.17, 15) is 14.4 Å². The highest BCUT2D eigenvalue weighted by Gasteiger charge is 2.26. The van der Waals surface area contributed by atoms with Crippen LogP contribution in [0, 0.1) is 0 Å². The molecule has 1 heterocycles. The van der Waals surface area contributed by atoms with Crippen LogP contribution in [0.25, 0.3) is 0 Å². The SMILES string of the molecule is CCN(CC)C(=O)CCNC(=O)N1CCN(C(=O)c2ccc(OC)cc2OC)CC1. The number of hydrogen-bond acceptors (Lipinski definition) is 5. The normalized spacial score (nSPS) is 13.6. The summed E-state index contributed by atoms with van der Waals surface area (Å²) in [6.07, 6.45) is 0.281. The zero-order valence-electron chi connectivity index (χ0n) is 18.3. The second-order valence-corrected chi connectivity index (χ2v) is 6.89. The first-order valence-electron chi connectivity index (χ1n) is 10.3. The molecule has 0 unspecified atom stereocenters. The molecule has 1 aliphatic heterocycles. The van der Waals surface area contributed by atoms with Crippen molar-refractivity contribution in [3.8, 4) is 11.5 Å². The van der Waals surface area contributed by atoms with Crippen molar-refractivity contribution in [2.45, 2.75) is 20.3 Å². The van der Waals surface area contributed by atoms with Crippen molar-refractivity contribution >= 4 is 17.8 Å². The molecule has 0 bridgehead atoms. The van der Waals surface area contributed by atoms with Crippen LogP contribution in [0.5, 0.6) is 11.5 Å². The minimum Gasteiger partial charge on any atom is -0.497 e. The van der Waals surface area contributed by atoms with E-state index in [0.717, 1.165) is 0 Å². The van der Waals surface area contributed by atoms with Crippen LogP contribution in [-0.2, 0) is 4.79 Å². The number of urea groups is 1. The summed E-state index contributed by atoms with van der Waals surface area (Å²) in [5.74, 6) is 0.963. The molecular formula is C21H32N4O5. The van der Waals surface area contributed by atoms with Gasteiger partial charge < -0.3 is 29.5 Å². The fraction of sp³-hybridized carbons (Fsp3) is 0.571. The van der Waals surface area contributed by atoms with Gasteiger partial charge in [-0.25, -0.2) is 4.79 Å². The van der Waals surface area contributed by atoms with E-state index in [4.69, 9.17) is 9.47 Å². The lowest BCUT2D eigenvalue weighted by Crippen LogP contribution is -2.53. The largest absolute Gasteiger partial charge is 0.497 e. The van der Waals surface area contributed by atoms with Crippen molar-refractivity contribution in [2.75, 3.05) is 60.0 Å². The number of carbonyl (C=O) groups excluding carboxylic acids is 3. The summed E-state index contributed by atoms with van der Waals surface area (Å²) in [6.45, 7) is 7.22. The van der Waals surface area contributed by atoms with Gasteiger partial charge in [0.05, 0.1) is 19.8 Å². The lowest BCUT2D eigenvalue weighted by Gasteiger charge is -2.35. The molecule has 166 valence electrons. The van der Waals surface area contributed by atoms with E-state index in [1.807, 2.05) is 13.8 Å². The van der Waals surface area contributed by atoms with E-state index in [1.165, 1.54) is 7.11 Å². The number of nitrogens with one attached hydrogen (secondary N) is 1. The maximum atomic E-state index is 12.9. The van der Waals surface area contributed by atoms with Crippen molar-refractivity contribution in [3.63, 3.8) is 0 Å². The maximum Gasteiger partial charge on any atom is 0.317 e. The third-order valence-corrected chi connectivity index (χ3v) is 5.22. The lowest BCUT2D eigenvalue weighted by molar-refractivity contribution is -0.130. The highest BCUT2D eigenvalue weighted by molar-refractivity contribution is 5.97. The van der Waals surface area contributed by atoms with Gasteiger partial charge in [0, 0.05) is 58.3 Å². The molecule has 1 N–H and O–H groups in total. The van der Waals surface area contributed by atoms with Crippen LogP contribution in [-0.4, -0.2) is 92.6 Å². The Morgan fingerprint density at radius 3 is 2.20 bits per heavy atom. The summed E-state index contributed by atoms with van der Waals surface area (Å²) in [7, 11) is 3.07. The Morgan fingerprint density at radius 1 is 1.00 bits per heavy atom.